The third-order valence-corrected chi connectivity index (χ3v) is 4.93. The normalized spacial score (nSPS) is 21.0. The largest absolute Gasteiger partial charge is 0.480 e. The fourth-order valence-electron chi connectivity index (χ4n) is 2.74. The van der Waals surface area contributed by atoms with Crippen molar-refractivity contribution in [3.8, 4) is 0 Å². The first-order valence-electron chi connectivity index (χ1n) is 8.39. The summed E-state index contributed by atoms with van der Waals surface area (Å²) >= 11 is 0. The zero-order valence-electron chi connectivity index (χ0n) is 15.0. The van der Waals surface area contributed by atoms with Crippen LogP contribution < -0.4 is 0 Å². The number of hydrogen-bond donors (Lipinski definition) is 4. The monoisotopic (exact) mass is 396 g/mol. The highest BCUT2D eigenvalue weighted by Crippen LogP contribution is 2.34. The zero-order valence-corrected chi connectivity index (χ0v) is 15.9. The number of likely N-dealkylation sites (N-methyl/N-ethyl adjacent to an activating group) is 1. The summed E-state index contributed by atoms with van der Waals surface area (Å²) in [6, 6.07) is 0. The van der Waals surface area contributed by atoms with E-state index >= 15 is 0 Å². The minimum Gasteiger partial charge on any atom is -0.480 e. The molecule has 4 N–H and O–H groups in total. The first kappa shape index (κ1) is 23.0. The van der Waals surface area contributed by atoms with Gasteiger partial charge in [-0.15, -0.1) is 0 Å². The number of nitrogens with zero attached hydrogens (tertiary/aromatic N) is 4. The van der Waals surface area contributed by atoms with Gasteiger partial charge in [0.05, 0.1) is 13.1 Å². The maximum Gasteiger partial charge on any atom is 0.339 e. The summed E-state index contributed by atoms with van der Waals surface area (Å²) in [4.78, 5) is 47.6. The van der Waals surface area contributed by atoms with Gasteiger partial charge in [0.15, 0.2) is 0 Å². The van der Waals surface area contributed by atoms with E-state index in [0.29, 0.717) is 52.4 Å². The van der Waals surface area contributed by atoms with Crippen LogP contribution in [0.15, 0.2) is 0 Å². The molecule has 1 rings (SSSR count). The van der Waals surface area contributed by atoms with Gasteiger partial charge in [0.2, 0.25) is 0 Å². The number of carbonyl (C=O) groups is 2. The first-order valence-corrected chi connectivity index (χ1v) is 10.2. The number of rotatable bonds is 6. The van der Waals surface area contributed by atoms with Crippen molar-refractivity contribution in [1.29, 1.82) is 0 Å². The van der Waals surface area contributed by atoms with Crippen LogP contribution in [-0.2, 0) is 14.2 Å². The highest BCUT2D eigenvalue weighted by Gasteiger charge is 2.22. The molecule has 0 amide bonds. The van der Waals surface area contributed by atoms with E-state index in [0.717, 1.165) is 0 Å². The summed E-state index contributed by atoms with van der Waals surface area (Å²) in [5.41, 5.74) is 0. The van der Waals surface area contributed by atoms with Crippen LogP contribution in [0.3, 0.4) is 0 Å². The molecule has 1 saturated heterocycles. The summed E-state index contributed by atoms with van der Waals surface area (Å²) in [5.74, 6) is -1.90. The van der Waals surface area contributed by atoms with E-state index in [1.807, 2.05) is 11.9 Å². The van der Waals surface area contributed by atoms with Gasteiger partial charge in [-0.2, -0.15) is 0 Å². The second kappa shape index (κ2) is 10.9. The van der Waals surface area contributed by atoms with Crippen molar-refractivity contribution in [2.45, 2.75) is 0 Å². The van der Waals surface area contributed by atoms with E-state index in [2.05, 4.69) is 0 Å². The van der Waals surface area contributed by atoms with Crippen LogP contribution in [0.2, 0.25) is 0 Å². The van der Waals surface area contributed by atoms with Crippen LogP contribution >= 0.6 is 7.60 Å². The standard InChI is InChI=1S/C14H29N4O7P/c1-15-2-4-16(10-13(19)20)6-8-18(12-26(23,24)25)9-7-17(5-3-15)11-14(21)22/h2-12H2,1H3,(H,19,20)(H,21,22)(H2,23,24,25). The van der Waals surface area contributed by atoms with Gasteiger partial charge < -0.3 is 24.9 Å². The fraction of sp³-hybridized carbons (Fsp3) is 0.857. The Morgan fingerprint density at radius 2 is 1.12 bits per heavy atom. The Bertz CT molecular complexity index is 484. The highest BCUT2D eigenvalue weighted by molar-refractivity contribution is 7.51. The molecule has 0 unspecified atom stereocenters. The van der Waals surface area contributed by atoms with E-state index < -0.39 is 25.8 Å². The van der Waals surface area contributed by atoms with Crippen LogP contribution in [0, 0.1) is 0 Å². The van der Waals surface area contributed by atoms with E-state index in [1.165, 1.54) is 0 Å². The average molecular weight is 396 g/mol. The molecule has 1 fully saturated rings. The Hall–Kier alpha value is -1.07. The Balaban J connectivity index is 2.82. The number of carboxylic acid groups (broad SMARTS) is 2. The number of hydrogen-bond acceptors (Lipinski definition) is 7. The van der Waals surface area contributed by atoms with Crippen LogP contribution in [0.4, 0.5) is 0 Å². The van der Waals surface area contributed by atoms with Gasteiger partial charge in [-0.1, -0.05) is 0 Å². The third kappa shape index (κ3) is 10.8. The Labute approximate surface area is 152 Å². The molecule has 1 heterocycles. The van der Waals surface area contributed by atoms with Crippen molar-refractivity contribution in [2.24, 2.45) is 0 Å². The summed E-state index contributed by atoms with van der Waals surface area (Å²) in [5, 5.41) is 18.1. The smallest absolute Gasteiger partial charge is 0.339 e. The van der Waals surface area contributed by atoms with Crippen molar-refractivity contribution < 1.29 is 34.2 Å². The lowest BCUT2D eigenvalue weighted by molar-refractivity contribution is -0.139. The molecule has 1 aliphatic rings. The summed E-state index contributed by atoms with van der Waals surface area (Å²) in [6.45, 7) is 3.28. The zero-order chi connectivity index (χ0) is 19.7. The average Bonchev–Trinajstić information content (AvgIpc) is 2.48. The Morgan fingerprint density at radius 1 is 0.769 bits per heavy atom. The van der Waals surface area contributed by atoms with Crippen LogP contribution in [-0.4, -0.2) is 130 Å². The summed E-state index contributed by atoms with van der Waals surface area (Å²) in [6.07, 6.45) is -0.436. The predicted molar refractivity (Wildman–Crippen MR) is 94.1 cm³/mol. The molecule has 0 radical (unpaired) electrons. The van der Waals surface area contributed by atoms with Crippen molar-refractivity contribution in [2.75, 3.05) is 78.8 Å². The van der Waals surface area contributed by atoms with Gasteiger partial charge in [-0.25, -0.2) is 0 Å². The molecular formula is C14H29N4O7P. The van der Waals surface area contributed by atoms with E-state index in [1.54, 1.807) is 14.7 Å². The molecule has 0 bridgehead atoms. The topological polar surface area (TPSA) is 145 Å². The minimum absolute atomic E-state index is 0.136. The molecule has 1 aliphatic heterocycles. The molecule has 0 saturated carbocycles. The minimum atomic E-state index is -4.27. The molecule has 11 nitrogen and oxygen atoms in total. The maximum atomic E-state index is 11.4. The predicted octanol–water partition coefficient (Wildman–Crippen LogP) is -1.86. The molecule has 12 heteroatoms. The van der Waals surface area contributed by atoms with Gasteiger partial charge in [-0.05, 0) is 7.05 Å². The second-order valence-electron chi connectivity index (χ2n) is 6.57. The lowest BCUT2D eigenvalue weighted by Gasteiger charge is -2.32. The van der Waals surface area contributed by atoms with Crippen LogP contribution in [0.5, 0.6) is 0 Å². The quantitative estimate of drug-likeness (QED) is 0.375. The summed E-state index contributed by atoms with van der Waals surface area (Å²) in [7, 11) is -2.38. The highest BCUT2D eigenvalue weighted by atomic mass is 31.2. The third-order valence-electron chi connectivity index (χ3n) is 4.16. The Morgan fingerprint density at radius 3 is 1.46 bits per heavy atom. The molecule has 0 spiro atoms. The molecule has 0 aromatic heterocycles. The van der Waals surface area contributed by atoms with Gasteiger partial charge in [0, 0.05) is 52.4 Å². The lowest BCUT2D eigenvalue weighted by atomic mass is 10.3. The first-order chi connectivity index (χ1) is 12.0. The number of aliphatic carboxylic acids is 2. The second-order valence-corrected chi connectivity index (χ2v) is 8.18. The van der Waals surface area contributed by atoms with Crippen molar-refractivity contribution >= 4 is 19.5 Å². The fourth-order valence-corrected chi connectivity index (χ4v) is 3.54. The van der Waals surface area contributed by atoms with Gasteiger partial charge in [-0.3, -0.25) is 28.9 Å². The van der Waals surface area contributed by atoms with Gasteiger partial charge in [0.1, 0.15) is 6.29 Å². The van der Waals surface area contributed by atoms with Crippen molar-refractivity contribution in [3.63, 3.8) is 0 Å². The van der Waals surface area contributed by atoms with Gasteiger partial charge >= 0.3 is 19.5 Å². The van der Waals surface area contributed by atoms with Gasteiger partial charge in [0.25, 0.3) is 0 Å². The maximum absolute atomic E-state index is 11.4. The number of carboxylic acids is 2. The van der Waals surface area contributed by atoms with Crippen LogP contribution in [0.25, 0.3) is 0 Å². The van der Waals surface area contributed by atoms with E-state index in [9.17, 15) is 23.9 Å². The van der Waals surface area contributed by atoms with E-state index in [4.69, 9.17) is 10.2 Å². The summed E-state index contributed by atoms with van der Waals surface area (Å²) < 4.78 is 11.4. The van der Waals surface area contributed by atoms with Crippen molar-refractivity contribution in [1.82, 2.24) is 19.6 Å². The molecule has 0 aromatic carbocycles. The van der Waals surface area contributed by atoms with E-state index in [-0.39, 0.29) is 13.1 Å². The Kier molecular flexibility index (Phi) is 9.66. The molecule has 152 valence electrons. The lowest BCUT2D eigenvalue weighted by Crippen LogP contribution is -2.47. The van der Waals surface area contributed by atoms with Crippen LogP contribution in [0.1, 0.15) is 0 Å². The molecule has 0 atom stereocenters. The molecule has 0 aromatic rings. The SMILES string of the molecule is CN1CCN(CC(=O)O)CCN(CP(=O)(O)O)CCN(CC(=O)O)CC1. The molecule has 0 aliphatic carbocycles. The molecule has 26 heavy (non-hydrogen) atoms. The molecular weight excluding hydrogens is 367 g/mol. The van der Waals surface area contributed by atoms with Crippen molar-refractivity contribution in [3.05, 3.63) is 0 Å².